The van der Waals surface area contributed by atoms with Gasteiger partial charge in [0.05, 0.1) is 23.6 Å². The molecule has 0 aliphatic carbocycles. The van der Waals surface area contributed by atoms with E-state index < -0.39 is 0 Å². The van der Waals surface area contributed by atoms with Crippen LogP contribution in [0, 0.1) is 19.3 Å². The number of imidazole rings is 1. The van der Waals surface area contributed by atoms with Gasteiger partial charge in [-0.1, -0.05) is 31.8 Å². The molecule has 2 rings (SSSR count). The number of hydrogen-bond acceptors (Lipinski definition) is 2. The van der Waals surface area contributed by atoms with Crippen molar-refractivity contribution in [1.82, 2.24) is 9.55 Å². The van der Waals surface area contributed by atoms with Crippen LogP contribution in [0.4, 0.5) is 0 Å². The van der Waals surface area contributed by atoms with Crippen LogP contribution in [-0.4, -0.2) is 9.55 Å². The van der Waals surface area contributed by atoms with Crippen LogP contribution in [0.15, 0.2) is 18.2 Å². The fraction of sp³-hybridized carbons (Fsp3) is 0.438. The van der Waals surface area contributed by atoms with Gasteiger partial charge in [0.25, 0.3) is 0 Å². The third-order valence-electron chi connectivity index (χ3n) is 3.38. The molecule has 1 heterocycles. The Balaban J connectivity index is 2.46. The maximum Gasteiger partial charge on any atom is 0.127 e. The highest BCUT2D eigenvalue weighted by Gasteiger charge is 2.16. The van der Waals surface area contributed by atoms with Gasteiger partial charge < -0.3 is 10.3 Å². The summed E-state index contributed by atoms with van der Waals surface area (Å²) in [5, 5.41) is 0. The molecule has 0 fully saturated rings. The van der Waals surface area contributed by atoms with E-state index >= 15 is 0 Å². The molecule has 3 heteroatoms. The number of benzene rings is 1. The zero-order chi connectivity index (χ0) is 13.8. The molecule has 0 saturated carbocycles. The number of aryl methyl sites for hydroxylation is 1. The van der Waals surface area contributed by atoms with Crippen LogP contribution in [-0.2, 0) is 6.54 Å². The summed E-state index contributed by atoms with van der Waals surface area (Å²) >= 11 is 0. The van der Waals surface area contributed by atoms with Gasteiger partial charge in [0.15, 0.2) is 0 Å². The molecule has 2 aromatic rings. The summed E-state index contributed by atoms with van der Waals surface area (Å²) < 4.78 is 2.06. The second-order valence-electron chi connectivity index (χ2n) is 5.00. The van der Waals surface area contributed by atoms with Crippen molar-refractivity contribution in [3.63, 3.8) is 0 Å². The summed E-state index contributed by atoms with van der Waals surface area (Å²) in [6.45, 7) is 4.76. The van der Waals surface area contributed by atoms with Gasteiger partial charge in [0.1, 0.15) is 5.82 Å². The van der Waals surface area contributed by atoms with Gasteiger partial charge in [0, 0.05) is 0 Å². The fourth-order valence-corrected chi connectivity index (χ4v) is 2.35. The van der Waals surface area contributed by atoms with Crippen LogP contribution in [0.1, 0.15) is 43.6 Å². The maximum atomic E-state index is 6.26. The van der Waals surface area contributed by atoms with Crippen molar-refractivity contribution < 1.29 is 0 Å². The largest absolute Gasteiger partial charge is 0.321 e. The predicted molar refractivity (Wildman–Crippen MR) is 79.8 cm³/mol. The fourth-order valence-electron chi connectivity index (χ4n) is 2.35. The predicted octanol–water partition coefficient (Wildman–Crippen LogP) is 3.17. The molecule has 1 unspecified atom stereocenters. The van der Waals surface area contributed by atoms with Crippen molar-refractivity contribution in [1.29, 1.82) is 0 Å². The second-order valence-corrected chi connectivity index (χ2v) is 5.00. The van der Waals surface area contributed by atoms with Gasteiger partial charge in [-0.05, 0) is 31.0 Å². The molecule has 2 N–H and O–H groups in total. The van der Waals surface area contributed by atoms with Gasteiger partial charge in [-0.15, -0.1) is 6.42 Å². The third kappa shape index (κ3) is 2.80. The summed E-state index contributed by atoms with van der Waals surface area (Å²) in [7, 11) is 0. The average molecular weight is 255 g/mol. The van der Waals surface area contributed by atoms with Crippen LogP contribution in [0.5, 0.6) is 0 Å². The van der Waals surface area contributed by atoms with Gasteiger partial charge >= 0.3 is 0 Å². The molecule has 19 heavy (non-hydrogen) atoms. The van der Waals surface area contributed by atoms with Gasteiger partial charge in [-0.25, -0.2) is 4.98 Å². The van der Waals surface area contributed by atoms with E-state index in [4.69, 9.17) is 12.2 Å². The van der Waals surface area contributed by atoms with E-state index in [1.54, 1.807) is 0 Å². The lowest BCUT2D eigenvalue weighted by Gasteiger charge is -2.12. The maximum absolute atomic E-state index is 6.26. The Morgan fingerprint density at radius 3 is 2.95 bits per heavy atom. The molecule has 0 aliphatic heterocycles. The molecule has 100 valence electrons. The summed E-state index contributed by atoms with van der Waals surface area (Å²) in [5.74, 6) is 3.60. The molecule has 0 aliphatic rings. The van der Waals surface area contributed by atoms with Crippen LogP contribution >= 0.6 is 0 Å². The van der Waals surface area contributed by atoms with Crippen LogP contribution < -0.4 is 5.73 Å². The smallest absolute Gasteiger partial charge is 0.127 e. The highest BCUT2D eigenvalue weighted by molar-refractivity contribution is 5.77. The van der Waals surface area contributed by atoms with Crippen LogP contribution in [0.25, 0.3) is 11.0 Å². The molecule has 0 spiro atoms. The molecular formula is C16H21N3. The van der Waals surface area contributed by atoms with Crippen molar-refractivity contribution in [2.75, 3.05) is 0 Å². The lowest BCUT2D eigenvalue weighted by molar-refractivity contribution is 0.555. The molecule has 0 saturated heterocycles. The Morgan fingerprint density at radius 1 is 1.47 bits per heavy atom. The van der Waals surface area contributed by atoms with E-state index in [0.717, 1.165) is 36.1 Å². The number of rotatable bonds is 5. The minimum Gasteiger partial charge on any atom is -0.321 e. The first-order valence-corrected chi connectivity index (χ1v) is 6.83. The topological polar surface area (TPSA) is 43.8 Å². The summed E-state index contributed by atoms with van der Waals surface area (Å²) in [5.41, 5.74) is 9.52. The number of aromatic nitrogens is 2. The lowest BCUT2D eigenvalue weighted by Crippen LogP contribution is -2.16. The van der Waals surface area contributed by atoms with E-state index in [2.05, 4.69) is 47.5 Å². The van der Waals surface area contributed by atoms with Crippen molar-refractivity contribution in [2.45, 2.75) is 45.7 Å². The van der Waals surface area contributed by atoms with Crippen molar-refractivity contribution in [3.8, 4) is 12.3 Å². The summed E-state index contributed by atoms with van der Waals surface area (Å²) in [4.78, 5) is 4.69. The third-order valence-corrected chi connectivity index (χ3v) is 3.38. The molecule has 0 bridgehead atoms. The Labute approximate surface area is 114 Å². The van der Waals surface area contributed by atoms with Gasteiger partial charge in [-0.3, -0.25) is 0 Å². The zero-order valence-corrected chi connectivity index (χ0v) is 11.7. The number of terminal acetylenes is 1. The number of unbranched alkanes of at least 4 members (excludes halogenated alkanes) is 1. The minimum absolute atomic E-state index is 0.0407. The van der Waals surface area contributed by atoms with Crippen molar-refractivity contribution in [2.24, 2.45) is 5.73 Å². The minimum atomic E-state index is -0.0407. The number of hydrogen-bond donors (Lipinski definition) is 1. The Hall–Kier alpha value is -1.79. The number of fused-ring (bicyclic) bond motifs is 1. The number of nitrogens with two attached hydrogens (primary N) is 1. The standard InChI is InChI=1S/C16H21N3/c1-4-6-7-13(17)16-18-14-11-12(3)8-9-15(14)19(16)10-5-2/h2,8-9,11,13H,4,6-7,10,17H2,1,3H3. The second kappa shape index (κ2) is 5.90. The van der Waals surface area contributed by atoms with Crippen molar-refractivity contribution >= 4 is 11.0 Å². The van der Waals surface area contributed by atoms with E-state index in [1.165, 1.54) is 5.56 Å². The average Bonchev–Trinajstić information content (AvgIpc) is 2.74. The first-order chi connectivity index (χ1) is 9.17. The van der Waals surface area contributed by atoms with Crippen molar-refractivity contribution in [3.05, 3.63) is 29.6 Å². The monoisotopic (exact) mass is 255 g/mol. The molecular weight excluding hydrogens is 234 g/mol. The van der Waals surface area contributed by atoms with Gasteiger partial charge in [0.2, 0.25) is 0 Å². The highest BCUT2D eigenvalue weighted by Crippen LogP contribution is 2.23. The summed E-state index contributed by atoms with van der Waals surface area (Å²) in [6.07, 6.45) is 8.67. The summed E-state index contributed by atoms with van der Waals surface area (Å²) in [6, 6.07) is 6.20. The number of nitrogens with zero attached hydrogens (tertiary/aromatic N) is 2. The molecule has 0 radical (unpaired) electrons. The Morgan fingerprint density at radius 2 is 2.26 bits per heavy atom. The van der Waals surface area contributed by atoms with E-state index in [0.29, 0.717) is 6.54 Å². The lowest BCUT2D eigenvalue weighted by atomic mass is 10.1. The normalized spacial score (nSPS) is 12.5. The Bertz CT molecular complexity index is 604. The quantitative estimate of drug-likeness (QED) is 0.834. The zero-order valence-electron chi connectivity index (χ0n) is 11.7. The van der Waals surface area contributed by atoms with E-state index in [1.807, 2.05) is 0 Å². The first-order valence-electron chi connectivity index (χ1n) is 6.83. The van der Waals surface area contributed by atoms with Crippen LogP contribution in [0.3, 0.4) is 0 Å². The SMILES string of the molecule is C#CCn1c(C(N)CCCC)nc2cc(C)ccc21. The molecule has 3 nitrogen and oxygen atoms in total. The van der Waals surface area contributed by atoms with Crippen LogP contribution in [0.2, 0.25) is 0 Å². The van der Waals surface area contributed by atoms with E-state index in [9.17, 15) is 0 Å². The first kappa shape index (κ1) is 13.6. The van der Waals surface area contributed by atoms with Gasteiger partial charge in [-0.2, -0.15) is 0 Å². The van der Waals surface area contributed by atoms with E-state index in [-0.39, 0.29) is 6.04 Å². The molecule has 1 aromatic carbocycles. The molecule has 1 aromatic heterocycles. The molecule has 0 amide bonds. The molecule has 1 atom stereocenters. The Kier molecular flexibility index (Phi) is 4.24. The highest BCUT2D eigenvalue weighted by atomic mass is 15.1.